The van der Waals surface area contributed by atoms with Gasteiger partial charge in [0.05, 0.1) is 23.8 Å². The van der Waals surface area contributed by atoms with Gasteiger partial charge in [-0.2, -0.15) is 0 Å². The zero-order chi connectivity index (χ0) is 11.8. The SMILES string of the molecule is O=C(O)C1CS(=O)(=O)CC(c2ccco2)N1. The van der Waals surface area contributed by atoms with Crippen molar-refractivity contribution in [1.82, 2.24) is 5.32 Å². The van der Waals surface area contributed by atoms with Crippen LogP contribution in [-0.2, 0) is 14.6 Å². The van der Waals surface area contributed by atoms with E-state index in [9.17, 15) is 13.2 Å². The number of sulfone groups is 1. The number of hydrogen-bond acceptors (Lipinski definition) is 5. The van der Waals surface area contributed by atoms with Crippen LogP contribution in [0, 0.1) is 0 Å². The van der Waals surface area contributed by atoms with Crippen LogP contribution in [0.3, 0.4) is 0 Å². The maximum atomic E-state index is 11.5. The summed E-state index contributed by atoms with van der Waals surface area (Å²) < 4.78 is 28.1. The minimum Gasteiger partial charge on any atom is -0.480 e. The van der Waals surface area contributed by atoms with Gasteiger partial charge in [-0.3, -0.25) is 10.1 Å². The van der Waals surface area contributed by atoms with Crippen LogP contribution >= 0.6 is 0 Å². The summed E-state index contributed by atoms with van der Waals surface area (Å²) in [5.74, 6) is -1.24. The molecule has 1 aromatic rings. The lowest BCUT2D eigenvalue weighted by Crippen LogP contribution is -2.51. The van der Waals surface area contributed by atoms with Crippen molar-refractivity contribution in [1.29, 1.82) is 0 Å². The second-order valence-corrected chi connectivity index (χ2v) is 5.86. The standard InChI is InChI=1S/C9H11NO5S/c11-9(12)7-5-16(13,14)4-6(10-7)8-2-1-3-15-8/h1-3,6-7,10H,4-5H2,(H,11,12). The van der Waals surface area contributed by atoms with E-state index >= 15 is 0 Å². The third-order valence-corrected chi connectivity index (χ3v) is 4.11. The zero-order valence-corrected chi connectivity index (χ0v) is 9.11. The van der Waals surface area contributed by atoms with E-state index in [0.717, 1.165) is 0 Å². The first-order chi connectivity index (χ1) is 7.48. The first-order valence-electron chi connectivity index (χ1n) is 4.70. The van der Waals surface area contributed by atoms with Crippen molar-refractivity contribution in [3.8, 4) is 0 Å². The lowest BCUT2D eigenvalue weighted by molar-refractivity contribution is -0.139. The Balaban J connectivity index is 2.25. The molecule has 2 atom stereocenters. The van der Waals surface area contributed by atoms with Gasteiger partial charge in [-0.25, -0.2) is 8.42 Å². The second-order valence-electron chi connectivity index (χ2n) is 3.70. The minimum atomic E-state index is -3.36. The van der Waals surface area contributed by atoms with E-state index in [0.29, 0.717) is 5.76 Å². The van der Waals surface area contributed by atoms with E-state index in [2.05, 4.69) is 5.32 Å². The molecule has 2 rings (SSSR count). The quantitative estimate of drug-likeness (QED) is 0.748. The summed E-state index contributed by atoms with van der Waals surface area (Å²) in [5, 5.41) is 11.6. The van der Waals surface area contributed by atoms with Crippen molar-refractivity contribution in [2.45, 2.75) is 12.1 Å². The number of nitrogens with one attached hydrogen (secondary N) is 1. The highest BCUT2D eigenvalue weighted by molar-refractivity contribution is 7.91. The molecule has 0 saturated carbocycles. The summed E-state index contributed by atoms with van der Waals surface area (Å²) in [5.41, 5.74) is 0. The normalized spacial score (nSPS) is 28.8. The van der Waals surface area contributed by atoms with E-state index in [1.165, 1.54) is 6.26 Å². The summed E-state index contributed by atoms with van der Waals surface area (Å²) in [6.07, 6.45) is 1.42. The zero-order valence-electron chi connectivity index (χ0n) is 8.29. The Labute approximate surface area is 92.2 Å². The lowest BCUT2D eigenvalue weighted by atomic mass is 10.2. The average molecular weight is 245 g/mol. The molecule has 1 aromatic heterocycles. The molecule has 1 fully saturated rings. The molecular formula is C9H11NO5S. The summed E-state index contributed by atoms with van der Waals surface area (Å²) >= 11 is 0. The Hall–Kier alpha value is -1.34. The predicted molar refractivity (Wildman–Crippen MR) is 54.7 cm³/mol. The third kappa shape index (κ3) is 2.25. The molecule has 0 radical (unpaired) electrons. The van der Waals surface area contributed by atoms with Gasteiger partial charge in [-0.1, -0.05) is 0 Å². The summed E-state index contributed by atoms with van der Waals surface area (Å²) in [6, 6.07) is 1.59. The summed E-state index contributed by atoms with van der Waals surface area (Å²) in [4.78, 5) is 10.8. The highest BCUT2D eigenvalue weighted by atomic mass is 32.2. The Bertz CT molecular complexity index is 478. The Kier molecular flexibility index (Phi) is 2.73. The molecule has 2 N–H and O–H groups in total. The third-order valence-electron chi connectivity index (χ3n) is 2.43. The monoisotopic (exact) mass is 245 g/mol. The molecule has 1 saturated heterocycles. The minimum absolute atomic E-state index is 0.135. The van der Waals surface area contributed by atoms with Crippen LogP contribution in [0.2, 0.25) is 0 Å². The number of furan rings is 1. The van der Waals surface area contributed by atoms with Crippen LogP contribution in [0.25, 0.3) is 0 Å². The van der Waals surface area contributed by atoms with Crippen molar-refractivity contribution in [3.63, 3.8) is 0 Å². The molecule has 16 heavy (non-hydrogen) atoms. The second kappa shape index (κ2) is 3.91. The molecule has 88 valence electrons. The first-order valence-corrected chi connectivity index (χ1v) is 6.53. The van der Waals surface area contributed by atoms with Crippen molar-refractivity contribution in [3.05, 3.63) is 24.2 Å². The molecule has 0 bridgehead atoms. The van der Waals surface area contributed by atoms with Gasteiger partial charge in [-0.15, -0.1) is 0 Å². The Morgan fingerprint density at radius 3 is 2.81 bits per heavy atom. The van der Waals surface area contributed by atoms with Gasteiger partial charge >= 0.3 is 5.97 Å². The predicted octanol–water partition coefficient (Wildman–Crippen LogP) is -0.208. The maximum absolute atomic E-state index is 11.5. The lowest BCUT2D eigenvalue weighted by Gasteiger charge is -2.27. The molecule has 0 spiro atoms. The summed E-state index contributed by atoms with van der Waals surface area (Å²) in [6.45, 7) is 0. The molecule has 6 nitrogen and oxygen atoms in total. The van der Waals surface area contributed by atoms with E-state index in [1.54, 1.807) is 12.1 Å². The van der Waals surface area contributed by atoms with Gasteiger partial charge in [0.1, 0.15) is 11.8 Å². The van der Waals surface area contributed by atoms with Gasteiger partial charge < -0.3 is 9.52 Å². The van der Waals surface area contributed by atoms with Crippen molar-refractivity contribution < 1.29 is 22.7 Å². The molecule has 0 aliphatic carbocycles. The molecule has 2 heterocycles. The topological polar surface area (TPSA) is 96.6 Å². The Morgan fingerprint density at radius 2 is 2.25 bits per heavy atom. The van der Waals surface area contributed by atoms with E-state index in [-0.39, 0.29) is 11.5 Å². The molecule has 2 unspecified atom stereocenters. The molecule has 1 aliphatic heterocycles. The molecule has 1 aliphatic rings. The molecular weight excluding hydrogens is 234 g/mol. The van der Waals surface area contributed by atoms with Crippen molar-refractivity contribution >= 4 is 15.8 Å². The smallest absolute Gasteiger partial charge is 0.321 e. The van der Waals surface area contributed by atoms with E-state index in [1.807, 2.05) is 0 Å². The van der Waals surface area contributed by atoms with Crippen LogP contribution < -0.4 is 5.32 Å². The van der Waals surface area contributed by atoms with E-state index < -0.39 is 27.9 Å². The number of hydrogen-bond donors (Lipinski definition) is 2. The van der Waals surface area contributed by atoms with Gasteiger partial charge in [0.2, 0.25) is 0 Å². The van der Waals surface area contributed by atoms with Crippen LogP contribution in [0.15, 0.2) is 22.8 Å². The van der Waals surface area contributed by atoms with Crippen molar-refractivity contribution in [2.24, 2.45) is 0 Å². The van der Waals surface area contributed by atoms with Gasteiger partial charge in [0.25, 0.3) is 0 Å². The average Bonchev–Trinajstić information content (AvgIpc) is 2.67. The fourth-order valence-corrected chi connectivity index (χ4v) is 3.36. The summed E-state index contributed by atoms with van der Waals surface area (Å²) in [7, 11) is -3.36. The van der Waals surface area contributed by atoms with Crippen molar-refractivity contribution in [2.75, 3.05) is 11.5 Å². The highest BCUT2D eigenvalue weighted by Crippen LogP contribution is 2.21. The van der Waals surface area contributed by atoms with Gasteiger partial charge in [-0.05, 0) is 12.1 Å². The van der Waals surface area contributed by atoms with E-state index in [4.69, 9.17) is 9.52 Å². The molecule has 7 heteroatoms. The number of carboxylic acids is 1. The van der Waals surface area contributed by atoms with Crippen LogP contribution in [0.1, 0.15) is 11.8 Å². The molecule has 0 amide bonds. The van der Waals surface area contributed by atoms with Crippen LogP contribution in [-0.4, -0.2) is 37.0 Å². The Morgan fingerprint density at radius 1 is 1.50 bits per heavy atom. The highest BCUT2D eigenvalue weighted by Gasteiger charge is 2.36. The maximum Gasteiger partial charge on any atom is 0.321 e. The number of carbonyl (C=O) groups is 1. The fraction of sp³-hybridized carbons (Fsp3) is 0.444. The van der Waals surface area contributed by atoms with Crippen LogP contribution in [0.5, 0.6) is 0 Å². The largest absolute Gasteiger partial charge is 0.480 e. The number of aliphatic carboxylic acids is 1. The number of rotatable bonds is 2. The van der Waals surface area contributed by atoms with Gasteiger partial charge in [0, 0.05) is 0 Å². The fourth-order valence-electron chi connectivity index (χ4n) is 1.71. The van der Waals surface area contributed by atoms with Crippen LogP contribution in [0.4, 0.5) is 0 Å². The molecule has 0 aromatic carbocycles. The van der Waals surface area contributed by atoms with Gasteiger partial charge in [0.15, 0.2) is 9.84 Å². The first kappa shape index (κ1) is 11.2. The number of carboxylic acid groups (broad SMARTS) is 1.